The van der Waals surface area contributed by atoms with E-state index >= 15 is 0 Å². The highest BCUT2D eigenvalue weighted by atomic mass is 35.5. The lowest BCUT2D eigenvalue weighted by molar-refractivity contribution is -0.0163. The molecule has 1 atom stereocenters. The maximum atomic E-state index is 13.1. The van der Waals surface area contributed by atoms with Crippen molar-refractivity contribution in [2.45, 2.75) is 25.8 Å². The Labute approximate surface area is 124 Å². The van der Waals surface area contributed by atoms with E-state index in [-0.39, 0.29) is 23.9 Å². The molecule has 0 aromatic heterocycles. The van der Waals surface area contributed by atoms with Crippen molar-refractivity contribution in [3.8, 4) is 0 Å². The van der Waals surface area contributed by atoms with Gasteiger partial charge in [-0.1, -0.05) is 17.7 Å². The van der Waals surface area contributed by atoms with E-state index in [1.54, 1.807) is 6.07 Å². The Kier molecular flexibility index (Phi) is 5.38. The smallest absolute Gasteiger partial charge is 0.124 e. The Morgan fingerprint density at radius 2 is 2.15 bits per heavy atom. The van der Waals surface area contributed by atoms with Gasteiger partial charge in [0, 0.05) is 36.2 Å². The minimum atomic E-state index is -0.331. The lowest BCUT2D eigenvalue weighted by atomic mass is 9.80. The molecular formula is C15H21ClFNO2. The summed E-state index contributed by atoms with van der Waals surface area (Å²) in [6.45, 7) is 4.21. The Bertz CT molecular complexity index is 449. The van der Waals surface area contributed by atoms with Crippen LogP contribution in [0.5, 0.6) is 0 Å². The van der Waals surface area contributed by atoms with Gasteiger partial charge in [-0.05, 0) is 37.5 Å². The fourth-order valence-corrected chi connectivity index (χ4v) is 2.86. The second-order valence-corrected chi connectivity index (χ2v) is 5.95. The van der Waals surface area contributed by atoms with Crippen molar-refractivity contribution in [1.29, 1.82) is 0 Å². The molecule has 5 heteroatoms. The van der Waals surface area contributed by atoms with Gasteiger partial charge in [0.2, 0.25) is 0 Å². The molecule has 0 bridgehead atoms. The van der Waals surface area contributed by atoms with Crippen LogP contribution < -0.4 is 5.32 Å². The number of benzene rings is 1. The van der Waals surface area contributed by atoms with Crippen LogP contribution in [0.4, 0.5) is 4.39 Å². The van der Waals surface area contributed by atoms with Crippen LogP contribution >= 0.6 is 11.6 Å². The fraction of sp³-hybridized carbons (Fsp3) is 0.600. The number of aliphatic hydroxyl groups excluding tert-OH is 1. The second-order valence-electron chi connectivity index (χ2n) is 5.54. The molecule has 0 saturated carbocycles. The molecule has 2 rings (SSSR count). The van der Waals surface area contributed by atoms with Crippen molar-refractivity contribution in [3.05, 3.63) is 34.6 Å². The summed E-state index contributed by atoms with van der Waals surface area (Å²) < 4.78 is 18.4. The molecule has 1 fully saturated rings. The zero-order chi connectivity index (χ0) is 14.6. The number of hydrogen-bond acceptors (Lipinski definition) is 3. The van der Waals surface area contributed by atoms with Crippen molar-refractivity contribution in [2.24, 2.45) is 5.41 Å². The normalized spacial score (nSPS) is 19.8. The maximum Gasteiger partial charge on any atom is 0.124 e. The highest BCUT2D eigenvalue weighted by Crippen LogP contribution is 2.31. The van der Waals surface area contributed by atoms with Crippen LogP contribution in [-0.2, 0) is 4.74 Å². The minimum Gasteiger partial charge on any atom is -0.396 e. The molecule has 2 N–H and O–H groups in total. The van der Waals surface area contributed by atoms with Crippen LogP contribution in [0, 0.1) is 11.2 Å². The third kappa shape index (κ3) is 3.70. The molecule has 1 aliphatic heterocycles. The Hall–Kier alpha value is -0.680. The molecule has 0 amide bonds. The van der Waals surface area contributed by atoms with E-state index in [0.29, 0.717) is 24.8 Å². The van der Waals surface area contributed by atoms with Gasteiger partial charge >= 0.3 is 0 Å². The van der Waals surface area contributed by atoms with E-state index in [9.17, 15) is 9.50 Å². The van der Waals surface area contributed by atoms with Gasteiger partial charge in [0.25, 0.3) is 0 Å². The number of rotatable bonds is 5. The van der Waals surface area contributed by atoms with Crippen molar-refractivity contribution in [1.82, 2.24) is 5.32 Å². The molecular weight excluding hydrogens is 281 g/mol. The maximum absolute atomic E-state index is 13.1. The number of halogens is 2. The first-order chi connectivity index (χ1) is 9.56. The highest BCUT2D eigenvalue weighted by Gasteiger charge is 2.32. The summed E-state index contributed by atoms with van der Waals surface area (Å²) in [6.07, 6.45) is 1.70. The largest absolute Gasteiger partial charge is 0.396 e. The summed E-state index contributed by atoms with van der Waals surface area (Å²) >= 11 is 6.07. The topological polar surface area (TPSA) is 41.5 Å². The van der Waals surface area contributed by atoms with Gasteiger partial charge in [0.1, 0.15) is 5.82 Å². The van der Waals surface area contributed by atoms with Crippen LogP contribution in [0.15, 0.2) is 18.2 Å². The van der Waals surface area contributed by atoms with Gasteiger partial charge in [-0.3, -0.25) is 0 Å². The predicted octanol–water partition coefficient (Wildman–Crippen LogP) is 2.92. The SMILES string of the molecule is CC(NCC1(CO)CCOCC1)c1ccc(F)cc1Cl. The van der Waals surface area contributed by atoms with Crippen LogP contribution in [0.25, 0.3) is 0 Å². The van der Waals surface area contributed by atoms with E-state index in [1.165, 1.54) is 12.1 Å². The molecule has 0 radical (unpaired) electrons. The van der Waals surface area contributed by atoms with Crippen LogP contribution in [0.2, 0.25) is 5.02 Å². The first-order valence-corrected chi connectivity index (χ1v) is 7.31. The Balaban J connectivity index is 1.98. The van der Waals surface area contributed by atoms with Gasteiger partial charge in [0.05, 0.1) is 6.61 Å². The fourth-order valence-electron chi connectivity index (χ4n) is 2.53. The first-order valence-electron chi connectivity index (χ1n) is 6.93. The van der Waals surface area contributed by atoms with E-state index in [2.05, 4.69) is 5.32 Å². The van der Waals surface area contributed by atoms with E-state index in [0.717, 1.165) is 18.4 Å². The van der Waals surface area contributed by atoms with Crippen LogP contribution in [-0.4, -0.2) is 31.5 Å². The molecule has 20 heavy (non-hydrogen) atoms. The number of nitrogens with one attached hydrogen (secondary N) is 1. The first kappa shape index (κ1) is 15.7. The van der Waals surface area contributed by atoms with Crippen LogP contribution in [0.3, 0.4) is 0 Å². The molecule has 1 aromatic carbocycles. The Morgan fingerprint density at radius 1 is 1.45 bits per heavy atom. The molecule has 1 unspecified atom stereocenters. The van der Waals surface area contributed by atoms with Gasteiger partial charge < -0.3 is 15.2 Å². The third-order valence-electron chi connectivity index (χ3n) is 4.10. The van der Waals surface area contributed by atoms with E-state index in [1.807, 2.05) is 6.92 Å². The van der Waals surface area contributed by atoms with Crippen molar-refractivity contribution >= 4 is 11.6 Å². The van der Waals surface area contributed by atoms with E-state index < -0.39 is 0 Å². The van der Waals surface area contributed by atoms with Gasteiger partial charge in [-0.2, -0.15) is 0 Å². The summed E-state index contributed by atoms with van der Waals surface area (Å²) in [6, 6.07) is 4.45. The molecule has 1 aliphatic rings. The van der Waals surface area contributed by atoms with Gasteiger partial charge in [-0.15, -0.1) is 0 Å². The summed E-state index contributed by atoms with van der Waals surface area (Å²) in [5.74, 6) is -0.331. The average molecular weight is 302 g/mol. The van der Waals surface area contributed by atoms with Gasteiger partial charge in [-0.25, -0.2) is 4.39 Å². The summed E-state index contributed by atoms with van der Waals surface area (Å²) in [4.78, 5) is 0. The lowest BCUT2D eigenvalue weighted by Crippen LogP contribution is -2.42. The minimum absolute atomic E-state index is 0.00868. The number of hydrogen-bond donors (Lipinski definition) is 2. The molecule has 3 nitrogen and oxygen atoms in total. The third-order valence-corrected chi connectivity index (χ3v) is 4.43. The molecule has 0 spiro atoms. The predicted molar refractivity (Wildman–Crippen MR) is 77.4 cm³/mol. The van der Waals surface area contributed by atoms with Crippen molar-refractivity contribution in [2.75, 3.05) is 26.4 Å². The van der Waals surface area contributed by atoms with Crippen molar-refractivity contribution < 1.29 is 14.2 Å². The van der Waals surface area contributed by atoms with Crippen LogP contribution in [0.1, 0.15) is 31.4 Å². The molecule has 1 aromatic rings. The quantitative estimate of drug-likeness (QED) is 0.878. The standard InChI is InChI=1S/C15H21ClFNO2/c1-11(13-3-2-12(17)8-14(13)16)18-9-15(10-19)4-6-20-7-5-15/h2-3,8,11,18-19H,4-7,9-10H2,1H3. The lowest BCUT2D eigenvalue weighted by Gasteiger charge is -2.36. The van der Waals surface area contributed by atoms with Crippen molar-refractivity contribution in [3.63, 3.8) is 0 Å². The summed E-state index contributed by atoms with van der Waals surface area (Å²) in [5.41, 5.74) is 0.743. The van der Waals surface area contributed by atoms with Gasteiger partial charge in [0.15, 0.2) is 0 Å². The monoisotopic (exact) mass is 301 g/mol. The summed E-state index contributed by atoms with van der Waals surface area (Å²) in [5, 5.41) is 13.5. The summed E-state index contributed by atoms with van der Waals surface area (Å²) in [7, 11) is 0. The number of ether oxygens (including phenoxy) is 1. The average Bonchev–Trinajstić information content (AvgIpc) is 2.46. The zero-order valence-electron chi connectivity index (χ0n) is 11.7. The Morgan fingerprint density at radius 3 is 2.75 bits per heavy atom. The molecule has 112 valence electrons. The molecule has 1 heterocycles. The molecule has 1 saturated heterocycles. The van der Waals surface area contributed by atoms with E-state index in [4.69, 9.17) is 16.3 Å². The number of aliphatic hydroxyl groups is 1. The second kappa shape index (κ2) is 6.85. The zero-order valence-corrected chi connectivity index (χ0v) is 12.4. The molecule has 0 aliphatic carbocycles. The highest BCUT2D eigenvalue weighted by molar-refractivity contribution is 6.31.